The van der Waals surface area contributed by atoms with Gasteiger partial charge in [-0.2, -0.15) is 0 Å². The van der Waals surface area contributed by atoms with Crippen LogP contribution in [0.15, 0.2) is 12.4 Å². The summed E-state index contributed by atoms with van der Waals surface area (Å²) in [4.78, 5) is 10.7. The molecule has 0 bridgehead atoms. The summed E-state index contributed by atoms with van der Waals surface area (Å²) in [7, 11) is 0. The Balaban J connectivity index is 1.62. The highest BCUT2D eigenvalue weighted by molar-refractivity contribution is 5.22. The molecule has 0 spiro atoms. The van der Waals surface area contributed by atoms with Gasteiger partial charge in [-0.3, -0.25) is 9.88 Å². The molecule has 5 nitrogen and oxygen atoms in total. The molecule has 0 amide bonds. The molecule has 5 heteroatoms. The number of nitrogens with zero attached hydrogens (tertiary/aromatic N) is 3. The van der Waals surface area contributed by atoms with Crippen molar-refractivity contribution in [2.24, 2.45) is 11.8 Å². The fourth-order valence-electron chi connectivity index (χ4n) is 3.13. The second-order valence-corrected chi connectivity index (χ2v) is 5.20. The van der Waals surface area contributed by atoms with Crippen LogP contribution in [0.5, 0.6) is 0 Å². The molecule has 0 radical (unpaired) electrons. The van der Waals surface area contributed by atoms with Crippen molar-refractivity contribution in [1.29, 1.82) is 0 Å². The third-order valence-corrected chi connectivity index (χ3v) is 4.01. The minimum atomic E-state index is -0.0949. The Morgan fingerprint density at radius 1 is 1.29 bits per heavy atom. The number of likely N-dealkylation sites (tertiary alicyclic amines) is 1. The van der Waals surface area contributed by atoms with Crippen LogP contribution in [0.2, 0.25) is 0 Å². The van der Waals surface area contributed by atoms with Gasteiger partial charge in [0, 0.05) is 25.6 Å². The number of aliphatic hydroxyl groups is 1. The van der Waals surface area contributed by atoms with E-state index in [2.05, 4.69) is 14.9 Å². The second kappa shape index (κ2) is 4.23. The predicted octanol–water partition coefficient (Wildman–Crippen LogP) is 0.261. The molecule has 2 fully saturated rings. The summed E-state index contributed by atoms with van der Waals surface area (Å²) in [5, 5.41) is 9.85. The Bertz CT molecular complexity index is 394. The van der Waals surface area contributed by atoms with Crippen LogP contribution in [0.25, 0.3) is 0 Å². The molecule has 1 saturated carbocycles. The van der Waals surface area contributed by atoms with E-state index in [0.717, 1.165) is 38.2 Å². The standard InChI is InChI=1S/C12H18N4O/c13-12-4-14-9(3-15-12)6-16-5-8-1-2-11(17)10(8)7-16/h3-4,8,10-11,17H,1-2,5-7H2,(H2,13,15). The van der Waals surface area contributed by atoms with E-state index < -0.39 is 0 Å². The highest BCUT2D eigenvalue weighted by atomic mass is 16.3. The van der Waals surface area contributed by atoms with E-state index >= 15 is 0 Å². The topological polar surface area (TPSA) is 75.3 Å². The van der Waals surface area contributed by atoms with Crippen LogP contribution in [0.1, 0.15) is 18.5 Å². The van der Waals surface area contributed by atoms with Crippen molar-refractivity contribution in [3.05, 3.63) is 18.1 Å². The highest BCUT2D eigenvalue weighted by Gasteiger charge is 2.41. The minimum absolute atomic E-state index is 0.0949. The monoisotopic (exact) mass is 234 g/mol. The second-order valence-electron chi connectivity index (χ2n) is 5.20. The first-order valence-electron chi connectivity index (χ1n) is 6.19. The van der Waals surface area contributed by atoms with Crippen molar-refractivity contribution >= 4 is 5.82 Å². The van der Waals surface area contributed by atoms with E-state index in [1.807, 2.05) is 0 Å². The van der Waals surface area contributed by atoms with Crippen LogP contribution in [0.3, 0.4) is 0 Å². The van der Waals surface area contributed by atoms with E-state index in [0.29, 0.717) is 17.7 Å². The molecule has 92 valence electrons. The lowest BCUT2D eigenvalue weighted by molar-refractivity contribution is 0.123. The predicted molar refractivity (Wildman–Crippen MR) is 63.9 cm³/mol. The third-order valence-electron chi connectivity index (χ3n) is 4.01. The molecule has 3 N–H and O–H groups in total. The van der Waals surface area contributed by atoms with Gasteiger partial charge in [0.25, 0.3) is 0 Å². The number of hydrogen-bond donors (Lipinski definition) is 2. The average Bonchev–Trinajstić information content (AvgIpc) is 2.85. The number of anilines is 1. The molecule has 0 aromatic carbocycles. The van der Waals surface area contributed by atoms with Crippen LogP contribution < -0.4 is 5.73 Å². The van der Waals surface area contributed by atoms with E-state index in [1.165, 1.54) is 0 Å². The van der Waals surface area contributed by atoms with Crippen molar-refractivity contribution in [3.8, 4) is 0 Å². The Hall–Kier alpha value is -1.20. The summed E-state index contributed by atoms with van der Waals surface area (Å²) in [5.74, 6) is 1.60. The Morgan fingerprint density at radius 2 is 2.18 bits per heavy atom. The normalized spacial score (nSPS) is 32.9. The summed E-state index contributed by atoms with van der Waals surface area (Å²) in [6, 6.07) is 0. The number of hydrogen-bond acceptors (Lipinski definition) is 5. The van der Waals surface area contributed by atoms with E-state index in [4.69, 9.17) is 5.73 Å². The van der Waals surface area contributed by atoms with Gasteiger partial charge >= 0.3 is 0 Å². The van der Waals surface area contributed by atoms with Crippen molar-refractivity contribution in [2.75, 3.05) is 18.8 Å². The van der Waals surface area contributed by atoms with Gasteiger partial charge < -0.3 is 10.8 Å². The van der Waals surface area contributed by atoms with E-state index in [-0.39, 0.29) is 6.10 Å². The van der Waals surface area contributed by atoms with Crippen molar-refractivity contribution in [3.63, 3.8) is 0 Å². The molecule has 1 aromatic rings. The largest absolute Gasteiger partial charge is 0.393 e. The van der Waals surface area contributed by atoms with Crippen LogP contribution >= 0.6 is 0 Å². The van der Waals surface area contributed by atoms with Gasteiger partial charge in [0.15, 0.2) is 0 Å². The van der Waals surface area contributed by atoms with Crippen LogP contribution in [0.4, 0.5) is 5.82 Å². The van der Waals surface area contributed by atoms with Crippen molar-refractivity contribution in [2.45, 2.75) is 25.5 Å². The maximum atomic E-state index is 9.85. The molecule has 1 aliphatic carbocycles. The van der Waals surface area contributed by atoms with Crippen LogP contribution in [0, 0.1) is 11.8 Å². The number of fused-ring (bicyclic) bond motifs is 1. The first-order valence-corrected chi connectivity index (χ1v) is 6.19. The number of rotatable bonds is 2. The Kier molecular flexibility index (Phi) is 2.72. The number of nitrogen functional groups attached to an aromatic ring is 1. The van der Waals surface area contributed by atoms with Gasteiger partial charge in [-0.15, -0.1) is 0 Å². The zero-order chi connectivity index (χ0) is 11.8. The number of nitrogens with two attached hydrogens (primary N) is 1. The zero-order valence-electron chi connectivity index (χ0n) is 9.79. The summed E-state index contributed by atoms with van der Waals surface area (Å²) < 4.78 is 0. The lowest BCUT2D eigenvalue weighted by atomic mass is 10.00. The average molecular weight is 234 g/mol. The smallest absolute Gasteiger partial charge is 0.141 e. The third kappa shape index (κ3) is 2.12. The lowest BCUT2D eigenvalue weighted by Gasteiger charge is -2.17. The Labute approximate surface area is 101 Å². The van der Waals surface area contributed by atoms with E-state index in [9.17, 15) is 5.11 Å². The highest BCUT2D eigenvalue weighted by Crippen LogP contribution is 2.38. The van der Waals surface area contributed by atoms with Gasteiger partial charge in [-0.1, -0.05) is 0 Å². The lowest BCUT2D eigenvalue weighted by Crippen LogP contribution is -2.24. The molecule has 2 aliphatic rings. The van der Waals surface area contributed by atoms with Crippen molar-refractivity contribution < 1.29 is 5.11 Å². The molecule has 1 aromatic heterocycles. The molecule has 3 atom stereocenters. The fourth-order valence-corrected chi connectivity index (χ4v) is 3.13. The van der Waals surface area contributed by atoms with Crippen molar-refractivity contribution in [1.82, 2.24) is 14.9 Å². The SMILES string of the molecule is Nc1cnc(CN2CC3CCC(O)C3C2)cn1. The maximum Gasteiger partial charge on any atom is 0.141 e. The van der Waals surface area contributed by atoms with Gasteiger partial charge in [0.05, 0.1) is 24.2 Å². The quantitative estimate of drug-likeness (QED) is 0.768. The molecular formula is C12H18N4O. The molecule has 3 rings (SSSR count). The summed E-state index contributed by atoms with van der Waals surface area (Å²) in [6.45, 7) is 2.87. The first-order chi connectivity index (χ1) is 8.22. The van der Waals surface area contributed by atoms with Gasteiger partial charge in [0.2, 0.25) is 0 Å². The molecule has 1 aliphatic heterocycles. The molecule has 1 saturated heterocycles. The van der Waals surface area contributed by atoms with E-state index in [1.54, 1.807) is 12.4 Å². The zero-order valence-corrected chi connectivity index (χ0v) is 9.79. The molecule has 17 heavy (non-hydrogen) atoms. The van der Waals surface area contributed by atoms with Gasteiger partial charge in [0.1, 0.15) is 5.82 Å². The van der Waals surface area contributed by atoms with Gasteiger partial charge in [-0.25, -0.2) is 4.98 Å². The summed E-state index contributed by atoms with van der Waals surface area (Å²) in [6.07, 6.45) is 5.38. The van der Waals surface area contributed by atoms with Crippen LogP contribution in [-0.4, -0.2) is 39.2 Å². The number of aliphatic hydroxyl groups excluding tert-OH is 1. The molecule has 2 heterocycles. The summed E-state index contributed by atoms with van der Waals surface area (Å²) in [5.41, 5.74) is 6.46. The maximum absolute atomic E-state index is 9.85. The van der Waals surface area contributed by atoms with Crippen LogP contribution in [-0.2, 0) is 6.54 Å². The molecule has 3 unspecified atom stereocenters. The minimum Gasteiger partial charge on any atom is -0.393 e. The molecular weight excluding hydrogens is 216 g/mol. The number of aromatic nitrogens is 2. The Morgan fingerprint density at radius 3 is 2.88 bits per heavy atom. The first kappa shape index (κ1) is 10.9. The van der Waals surface area contributed by atoms with Gasteiger partial charge in [-0.05, 0) is 18.8 Å². The fraction of sp³-hybridized carbons (Fsp3) is 0.667. The summed E-state index contributed by atoms with van der Waals surface area (Å²) >= 11 is 0.